The van der Waals surface area contributed by atoms with Crippen molar-refractivity contribution in [3.8, 4) is 5.75 Å². The molecule has 1 aromatic carbocycles. The van der Waals surface area contributed by atoms with Crippen molar-refractivity contribution in [3.05, 3.63) is 23.2 Å². The van der Waals surface area contributed by atoms with E-state index in [0.717, 1.165) is 19.3 Å². The minimum atomic E-state index is -0.174. The van der Waals surface area contributed by atoms with Gasteiger partial charge in [-0.15, -0.1) is 0 Å². The van der Waals surface area contributed by atoms with Gasteiger partial charge in [0.2, 0.25) is 11.8 Å². The third-order valence-electron chi connectivity index (χ3n) is 5.76. The number of thiocarbonyl (C=S) groups is 1. The van der Waals surface area contributed by atoms with Crippen molar-refractivity contribution in [3.63, 3.8) is 0 Å². The van der Waals surface area contributed by atoms with Crippen LogP contribution in [0.2, 0.25) is 5.02 Å². The van der Waals surface area contributed by atoms with Crippen LogP contribution in [0, 0.1) is 11.8 Å². The summed E-state index contributed by atoms with van der Waals surface area (Å²) in [7, 11) is 1.55. The van der Waals surface area contributed by atoms with Gasteiger partial charge in [0, 0.05) is 24.2 Å². The van der Waals surface area contributed by atoms with Crippen molar-refractivity contribution in [1.29, 1.82) is 0 Å². The second-order valence-electron chi connectivity index (χ2n) is 7.71. The van der Waals surface area contributed by atoms with Gasteiger partial charge in [-0.25, -0.2) is 0 Å². The maximum Gasteiger partial charge on any atom is 0.233 e. The average molecular weight is 438 g/mol. The topological polar surface area (TPSA) is 70.7 Å². The fourth-order valence-corrected chi connectivity index (χ4v) is 4.71. The van der Waals surface area contributed by atoms with Gasteiger partial charge >= 0.3 is 0 Å². The molecule has 1 saturated heterocycles. The summed E-state index contributed by atoms with van der Waals surface area (Å²) in [6.07, 6.45) is 5.10. The number of amides is 2. The van der Waals surface area contributed by atoms with Crippen LogP contribution < -0.4 is 15.4 Å². The molecule has 0 spiro atoms. The van der Waals surface area contributed by atoms with E-state index in [9.17, 15) is 9.59 Å². The van der Waals surface area contributed by atoms with E-state index in [1.54, 1.807) is 30.2 Å². The Hall–Kier alpha value is -1.86. The molecule has 3 atom stereocenters. The number of fused-ring (bicyclic) bond motifs is 1. The number of halogens is 1. The van der Waals surface area contributed by atoms with Gasteiger partial charge in [-0.2, -0.15) is 0 Å². The molecule has 1 aliphatic heterocycles. The number of hydrogen-bond acceptors (Lipinski definition) is 4. The number of rotatable bonds is 7. The van der Waals surface area contributed by atoms with Crippen molar-refractivity contribution < 1.29 is 14.3 Å². The first-order valence-electron chi connectivity index (χ1n) is 10.2. The molecule has 3 rings (SSSR count). The number of carbonyl (C=O) groups is 2. The molecule has 0 radical (unpaired) electrons. The van der Waals surface area contributed by atoms with Crippen LogP contribution in [0.3, 0.4) is 0 Å². The Balaban J connectivity index is 1.59. The predicted octanol–water partition coefficient (Wildman–Crippen LogP) is 3.98. The number of anilines is 1. The van der Waals surface area contributed by atoms with E-state index >= 15 is 0 Å². The summed E-state index contributed by atoms with van der Waals surface area (Å²) in [4.78, 5) is 27.4. The summed E-state index contributed by atoms with van der Waals surface area (Å²) >= 11 is 11.6. The first kappa shape index (κ1) is 21.8. The first-order valence-corrected chi connectivity index (χ1v) is 11.0. The van der Waals surface area contributed by atoms with E-state index in [0.29, 0.717) is 47.4 Å². The van der Waals surface area contributed by atoms with Crippen LogP contribution in [0.5, 0.6) is 5.75 Å². The molecule has 8 heteroatoms. The molecule has 3 unspecified atom stereocenters. The van der Waals surface area contributed by atoms with Crippen LogP contribution in [0.25, 0.3) is 0 Å². The molecule has 158 valence electrons. The maximum atomic E-state index is 12.9. The van der Waals surface area contributed by atoms with E-state index in [1.165, 1.54) is 0 Å². The number of nitrogens with one attached hydrogen (secondary N) is 2. The van der Waals surface area contributed by atoms with Crippen LogP contribution in [0.15, 0.2) is 18.2 Å². The van der Waals surface area contributed by atoms with Gasteiger partial charge in [0.05, 0.1) is 18.1 Å². The molecule has 1 heterocycles. The second-order valence-corrected chi connectivity index (χ2v) is 8.50. The number of ether oxygens (including phenoxy) is 1. The van der Waals surface area contributed by atoms with Gasteiger partial charge in [0.1, 0.15) is 5.75 Å². The molecular weight excluding hydrogens is 410 g/mol. The smallest absolute Gasteiger partial charge is 0.233 e. The minimum absolute atomic E-state index is 0.0600. The van der Waals surface area contributed by atoms with Gasteiger partial charge in [-0.3, -0.25) is 14.5 Å². The molecule has 0 bridgehead atoms. The van der Waals surface area contributed by atoms with Gasteiger partial charge in [-0.05, 0) is 56.1 Å². The van der Waals surface area contributed by atoms with Gasteiger partial charge in [-0.1, -0.05) is 31.4 Å². The van der Waals surface area contributed by atoms with E-state index in [2.05, 4.69) is 17.6 Å². The predicted molar refractivity (Wildman–Crippen MR) is 118 cm³/mol. The number of unbranched alkanes of at least 4 members (excludes halogenated alkanes) is 2. The molecule has 29 heavy (non-hydrogen) atoms. The second kappa shape index (κ2) is 9.76. The monoisotopic (exact) mass is 437 g/mol. The van der Waals surface area contributed by atoms with E-state index in [-0.39, 0.29) is 29.7 Å². The van der Waals surface area contributed by atoms with Crippen molar-refractivity contribution >= 4 is 46.4 Å². The van der Waals surface area contributed by atoms with Crippen LogP contribution in [-0.2, 0) is 9.59 Å². The lowest BCUT2D eigenvalue weighted by molar-refractivity contribution is -0.137. The molecule has 2 aliphatic rings. The van der Waals surface area contributed by atoms with Crippen LogP contribution in [0.4, 0.5) is 5.69 Å². The number of hydrogen-bond donors (Lipinski definition) is 2. The molecule has 1 aliphatic carbocycles. The van der Waals surface area contributed by atoms with Crippen molar-refractivity contribution in [1.82, 2.24) is 10.2 Å². The summed E-state index contributed by atoms with van der Waals surface area (Å²) in [5.41, 5.74) is 0.633. The highest BCUT2D eigenvalue weighted by molar-refractivity contribution is 7.80. The van der Waals surface area contributed by atoms with Crippen LogP contribution in [-0.4, -0.2) is 41.5 Å². The molecule has 1 aromatic rings. The summed E-state index contributed by atoms with van der Waals surface area (Å²) < 4.78 is 5.14. The quantitative estimate of drug-likeness (QED) is 0.498. The molecule has 2 fully saturated rings. The number of benzene rings is 1. The molecule has 0 aromatic heterocycles. The van der Waals surface area contributed by atoms with Crippen LogP contribution >= 0.6 is 23.8 Å². The fraction of sp³-hybridized carbons (Fsp3) is 0.571. The average Bonchev–Trinajstić information content (AvgIpc) is 2.70. The third-order valence-corrected chi connectivity index (χ3v) is 6.40. The van der Waals surface area contributed by atoms with Crippen molar-refractivity contribution in [2.45, 2.75) is 51.5 Å². The zero-order valence-electron chi connectivity index (χ0n) is 16.9. The fourth-order valence-electron chi connectivity index (χ4n) is 4.12. The number of nitrogens with zero attached hydrogens (tertiary/aromatic N) is 1. The Bertz CT molecular complexity index is 788. The Labute approximate surface area is 182 Å². The van der Waals surface area contributed by atoms with Gasteiger partial charge in [0.25, 0.3) is 0 Å². The highest BCUT2D eigenvalue weighted by atomic mass is 35.5. The molecule has 2 amide bonds. The largest absolute Gasteiger partial charge is 0.495 e. The van der Waals surface area contributed by atoms with Crippen LogP contribution in [0.1, 0.15) is 45.4 Å². The van der Waals surface area contributed by atoms with Gasteiger partial charge < -0.3 is 15.4 Å². The standard InChI is InChI=1S/C21H28ClN3O3S/c1-3-4-5-10-25-20(27)15-8-6-13(11-17(15)24-21(25)29)19(26)23-14-7-9-18(28-2)16(22)12-14/h7,9,12-13,15,17H,3-6,8,10-11H2,1-2H3,(H,23,26)(H,24,29). The zero-order valence-corrected chi connectivity index (χ0v) is 18.4. The molecule has 2 N–H and O–H groups in total. The zero-order chi connectivity index (χ0) is 21.0. The maximum absolute atomic E-state index is 12.9. The molecule has 6 nitrogen and oxygen atoms in total. The van der Waals surface area contributed by atoms with Crippen molar-refractivity contribution in [2.24, 2.45) is 11.8 Å². The lowest BCUT2D eigenvalue weighted by Gasteiger charge is -2.43. The van der Waals surface area contributed by atoms with Crippen molar-refractivity contribution in [2.75, 3.05) is 19.0 Å². The van der Waals surface area contributed by atoms with E-state index in [4.69, 9.17) is 28.6 Å². The Morgan fingerprint density at radius 3 is 2.86 bits per heavy atom. The van der Waals surface area contributed by atoms with E-state index < -0.39 is 0 Å². The SMILES string of the molecule is CCCCCN1C(=O)C2CCC(C(=O)Nc3ccc(OC)c(Cl)c3)CC2NC1=S. The molecule has 1 saturated carbocycles. The Morgan fingerprint density at radius 2 is 2.17 bits per heavy atom. The summed E-state index contributed by atoms with van der Waals surface area (Å²) in [6, 6.07) is 5.08. The Kier molecular flexibility index (Phi) is 7.35. The summed E-state index contributed by atoms with van der Waals surface area (Å²) in [6.45, 7) is 2.81. The number of carbonyl (C=O) groups excluding carboxylic acids is 2. The first-order chi connectivity index (χ1) is 13.9. The lowest BCUT2D eigenvalue weighted by Crippen LogP contribution is -2.61. The van der Waals surface area contributed by atoms with E-state index in [1.807, 2.05) is 0 Å². The molecular formula is C21H28ClN3O3S. The summed E-state index contributed by atoms with van der Waals surface area (Å²) in [5, 5.41) is 7.19. The third kappa shape index (κ3) is 5.01. The lowest BCUT2D eigenvalue weighted by atomic mass is 9.76. The Morgan fingerprint density at radius 1 is 1.38 bits per heavy atom. The summed E-state index contributed by atoms with van der Waals surface area (Å²) in [5.74, 6) is 0.327. The number of methoxy groups -OCH3 is 1. The van der Waals surface area contributed by atoms with Gasteiger partial charge in [0.15, 0.2) is 5.11 Å². The minimum Gasteiger partial charge on any atom is -0.495 e. The highest BCUT2D eigenvalue weighted by Crippen LogP contribution is 2.34. The highest BCUT2D eigenvalue weighted by Gasteiger charge is 2.43. The normalized spacial score (nSPS) is 24.0.